The van der Waals surface area contributed by atoms with Gasteiger partial charge >= 0.3 is 0 Å². The Morgan fingerprint density at radius 1 is 1.31 bits per heavy atom. The van der Waals surface area contributed by atoms with Gasteiger partial charge in [0.05, 0.1) is 0 Å². The van der Waals surface area contributed by atoms with Gasteiger partial charge in [-0.05, 0) is 12.1 Å². The molecule has 78 valence electrons. The molecule has 0 saturated carbocycles. The van der Waals surface area contributed by atoms with Gasteiger partial charge in [-0.2, -0.15) is 0 Å². The zero-order chi connectivity index (χ0) is 11.0. The Labute approximate surface area is 95.2 Å². The van der Waals surface area contributed by atoms with Crippen molar-refractivity contribution in [1.82, 2.24) is 14.4 Å². The molecule has 0 aromatic carbocycles. The van der Waals surface area contributed by atoms with Gasteiger partial charge in [-0.1, -0.05) is 6.07 Å². The van der Waals surface area contributed by atoms with E-state index in [1.807, 2.05) is 35.0 Å². The molecule has 16 heavy (non-hydrogen) atoms. The van der Waals surface area contributed by atoms with Crippen LogP contribution in [-0.4, -0.2) is 20.7 Å². The standard InChI is InChI=1S/C11H7N3OS/c15-6-8-7-16-11(12-8)9-5-14-4-2-1-3-10(14)13-9/h1-7H. The van der Waals surface area contributed by atoms with Gasteiger partial charge in [0.1, 0.15) is 22.0 Å². The summed E-state index contributed by atoms with van der Waals surface area (Å²) in [5.41, 5.74) is 2.13. The highest BCUT2D eigenvalue weighted by atomic mass is 32.1. The Bertz CT molecular complexity index is 623. The predicted molar refractivity (Wildman–Crippen MR) is 61.7 cm³/mol. The van der Waals surface area contributed by atoms with E-state index < -0.39 is 0 Å². The normalized spacial score (nSPS) is 10.8. The second-order valence-electron chi connectivity index (χ2n) is 3.29. The maximum absolute atomic E-state index is 10.5. The van der Waals surface area contributed by atoms with Crippen molar-refractivity contribution in [2.75, 3.05) is 0 Å². The molecule has 0 aliphatic heterocycles. The van der Waals surface area contributed by atoms with Crippen LogP contribution in [0.25, 0.3) is 16.3 Å². The van der Waals surface area contributed by atoms with Crippen molar-refractivity contribution in [3.05, 3.63) is 41.7 Å². The van der Waals surface area contributed by atoms with Crippen LogP contribution in [0.3, 0.4) is 0 Å². The number of imidazole rings is 1. The van der Waals surface area contributed by atoms with Crippen LogP contribution >= 0.6 is 11.3 Å². The Balaban J connectivity index is 2.14. The topological polar surface area (TPSA) is 47.3 Å². The molecule has 4 nitrogen and oxygen atoms in total. The Kier molecular flexibility index (Phi) is 2.04. The zero-order valence-corrected chi connectivity index (χ0v) is 9.02. The van der Waals surface area contributed by atoms with Crippen molar-refractivity contribution in [3.63, 3.8) is 0 Å². The van der Waals surface area contributed by atoms with E-state index in [1.54, 1.807) is 5.38 Å². The number of carbonyl (C=O) groups excluding carboxylic acids is 1. The van der Waals surface area contributed by atoms with Crippen LogP contribution in [0.1, 0.15) is 10.5 Å². The number of hydrogen-bond acceptors (Lipinski definition) is 4. The summed E-state index contributed by atoms with van der Waals surface area (Å²) >= 11 is 1.42. The van der Waals surface area contributed by atoms with Gasteiger partial charge in [0.15, 0.2) is 6.29 Å². The van der Waals surface area contributed by atoms with Crippen molar-refractivity contribution in [2.45, 2.75) is 0 Å². The number of aldehydes is 1. The van der Waals surface area contributed by atoms with Crippen molar-refractivity contribution in [2.24, 2.45) is 0 Å². The summed E-state index contributed by atoms with van der Waals surface area (Å²) in [5.74, 6) is 0. The Morgan fingerprint density at radius 2 is 2.25 bits per heavy atom. The maximum atomic E-state index is 10.5. The summed E-state index contributed by atoms with van der Waals surface area (Å²) in [6.45, 7) is 0. The van der Waals surface area contributed by atoms with E-state index in [4.69, 9.17) is 0 Å². The van der Waals surface area contributed by atoms with Gasteiger partial charge in [-0.25, -0.2) is 9.97 Å². The lowest BCUT2D eigenvalue weighted by atomic mass is 10.5. The molecule has 0 aliphatic carbocycles. The summed E-state index contributed by atoms with van der Waals surface area (Å²) in [6, 6.07) is 5.81. The molecule has 0 saturated heterocycles. The van der Waals surface area contributed by atoms with Gasteiger partial charge in [0.25, 0.3) is 0 Å². The first-order chi connectivity index (χ1) is 7.86. The molecule has 3 aromatic rings. The number of hydrogen-bond donors (Lipinski definition) is 0. The van der Waals surface area contributed by atoms with E-state index >= 15 is 0 Å². The van der Waals surface area contributed by atoms with Crippen LogP contribution in [0.15, 0.2) is 36.0 Å². The molecule has 0 atom stereocenters. The molecular weight excluding hydrogens is 222 g/mol. The molecule has 0 spiro atoms. The molecule has 0 N–H and O–H groups in total. The largest absolute Gasteiger partial charge is 0.306 e. The molecule has 0 bridgehead atoms. The van der Waals surface area contributed by atoms with Crippen LogP contribution in [0.5, 0.6) is 0 Å². The quantitative estimate of drug-likeness (QED) is 0.633. The van der Waals surface area contributed by atoms with Crippen LogP contribution in [0.4, 0.5) is 0 Å². The van der Waals surface area contributed by atoms with Crippen LogP contribution in [0.2, 0.25) is 0 Å². The number of carbonyl (C=O) groups is 1. The summed E-state index contributed by atoms with van der Waals surface area (Å²) in [5, 5.41) is 2.50. The summed E-state index contributed by atoms with van der Waals surface area (Å²) in [4.78, 5) is 19.1. The van der Waals surface area contributed by atoms with Gasteiger partial charge in [0, 0.05) is 17.8 Å². The number of fused-ring (bicyclic) bond motifs is 1. The molecule has 3 rings (SSSR count). The average Bonchev–Trinajstić information content (AvgIpc) is 2.95. The fourth-order valence-electron chi connectivity index (χ4n) is 1.50. The molecule has 5 heteroatoms. The van der Waals surface area contributed by atoms with Crippen LogP contribution in [-0.2, 0) is 0 Å². The van der Waals surface area contributed by atoms with Crippen molar-refractivity contribution < 1.29 is 4.79 Å². The van der Waals surface area contributed by atoms with Gasteiger partial charge in [-0.3, -0.25) is 4.79 Å². The number of nitrogens with zero attached hydrogens (tertiary/aromatic N) is 3. The first kappa shape index (κ1) is 9.23. The van der Waals surface area contributed by atoms with E-state index in [0.29, 0.717) is 5.69 Å². The van der Waals surface area contributed by atoms with Crippen LogP contribution < -0.4 is 0 Å². The first-order valence-electron chi connectivity index (χ1n) is 4.71. The van der Waals surface area contributed by atoms with Crippen LogP contribution in [0, 0.1) is 0 Å². The van der Waals surface area contributed by atoms with Crippen molar-refractivity contribution in [1.29, 1.82) is 0 Å². The fraction of sp³-hybridized carbons (Fsp3) is 0. The second-order valence-corrected chi connectivity index (χ2v) is 4.15. The summed E-state index contributed by atoms with van der Waals surface area (Å²) < 4.78 is 1.93. The summed E-state index contributed by atoms with van der Waals surface area (Å²) in [6.07, 6.45) is 4.58. The van der Waals surface area contributed by atoms with Crippen molar-refractivity contribution in [3.8, 4) is 10.7 Å². The summed E-state index contributed by atoms with van der Waals surface area (Å²) in [7, 11) is 0. The van der Waals surface area contributed by atoms with Gasteiger partial charge < -0.3 is 4.40 Å². The second kappa shape index (κ2) is 3.53. The van der Waals surface area contributed by atoms with Crippen molar-refractivity contribution >= 4 is 23.3 Å². The molecule has 3 heterocycles. The molecule has 0 unspecified atom stereocenters. The zero-order valence-electron chi connectivity index (χ0n) is 8.20. The lowest BCUT2D eigenvalue weighted by Gasteiger charge is -1.86. The minimum absolute atomic E-state index is 0.456. The van der Waals surface area contributed by atoms with Gasteiger partial charge in [-0.15, -0.1) is 11.3 Å². The molecule has 0 fully saturated rings. The highest BCUT2D eigenvalue weighted by Crippen LogP contribution is 2.22. The number of pyridine rings is 1. The molecule has 0 radical (unpaired) electrons. The SMILES string of the molecule is O=Cc1csc(-c2cn3ccccc3n2)n1. The van der Waals surface area contributed by atoms with E-state index in [1.165, 1.54) is 11.3 Å². The Morgan fingerprint density at radius 3 is 3.00 bits per heavy atom. The third-order valence-corrected chi connectivity index (χ3v) is 3.11. The number of thiazole rings is 1. The lowest BCUT2D eigenvalue weighted by molar-refractivity contribution is 0.111. The molecule has 0 aliphatic rings. The van der Waals surface area contributed by atoms with E-state index in [0.717, 1.165) is 22.6 Å². The maximum Gasteiger partial charge on any atom is 0.169 e. The smallest absolute Gasteiger partial charge is 0.169 e. The average molecular weight is 229 g/mol. The molecule has 3 aromatic heterocycles. The third kappa shape index (κ3) is 1.42. The fourth-order valence-corrected chi connectivity index (χ4v) is 2.21. The molecular formula is C11H7N3OS. The monoisotopic (exact) mass is 229 g/mol. The highest BCUT2D eigenvalue weighted by Gasteiger charge is 2.08. The van der Waals surface area contributed by atoms with Gasteiger partial charge in [0.2, 0.25) is 0 Å². The lowest BCUT2D eigenvalue weighted by Crippen LogP contribution is -1.79. The predicted octanol–water partition coefficient (Wildman–Crippen LogP) is 2.27. The third-order valence-electron chi connectivity index (χ3n) is 2.23. The Hall–Kier alpha value is -2.01. The van der Waals surface area contributed by atoms with E-state index in [9.17, 15) is 4.79 Å². The molecule has 0 amide bonds. The van der Waals surface area contributed by atoms with E-state index in [-0.39, 0.29) is 0 Å². The highest BCUT2D eigenvalue weighted by molar-refractivity contribution is 7.13. The number of rotatable bonds is 2. The van der Waals surface area contributed by atoms with E-state index in [2.05, 4.69) is 9.97 Å². The minimum Gasteiger partial charge on any atom is -0.306 e. The minimum atomic E-state index is 0.456. The first-order valence-corrected chi connectivity index (χ1v) is 5.59. The number of aromatic nitrogens is 3.